The van der Waals surface area contributed by atoms with Crippen LogP contribution in [-0.2, 0) is 0 Å². The van der Waals surface area contributed by atoms with Gasteiger partial charge in [-0.05, 0) is 62.5 Å². The minimum atomic E-state index is -0.288. The highest BCUT2D eigenvalue weighted by Gasteiger charge is 2.34. The third-order valence-electron chi connectivity index (χ3n) is 3.82. The summed E-state index contributed by atoms with van der Waals surface area (Å²) < 4.78 is 6.04. The van der Waals surface area contributed by atoms with E-state index in [1.165, 1.54) is 0 Å². The molecular weight excluding hydrogens is 363 g/mol. The normalized spacial score (nSPS) is 18.2. The van der Waals surface area contributed by atoms with Crippen molar-refractivity contribution in [2.24, 2.45) is 0 Å². The lowest BCUT2D eigenvalue weighted by Gasteiger charge is -2.38. The maximum absolute atomic E-state index is 6.15. The second-order valence-electron chi connectivity index (χ2n) is 6.41. The summed E-state index contributed by atoms with van der Waals surface area (Å²) in [6, 6.07) is 13.1. The van der Waals surface area contributed by atoms with Crippen LogP contribution < -0.4 is 15.4 Å². The van der Waals surface area contributed by atoms with Gasteiger partial charge in [0, 0.05) is 27.7 Å². The van der Waals surface area contributed by atoms with E-state index in [0.29, 0.717) is 15.2 Å². The summed E-state index contributed by atoms with van der Waals surface area (Å²) in [5.74, 6) is 0.832. The van der Waals surface area contributed by atoms with Crippen molar-refractivity contribution in [2.45, 2.75) is 31.9 Å². The average Bonchev–Trinajstić information content (AvgIpc) is 2.47. The van der Waals surface area contributed by atoms with E-state index in [2.05, 4.69) is 24.5 Å². The lowest BCUT2D eigenvalue weighted by atomic mass is 9.90. The third kappa shape index (κ3) is 4.12. The maximum atomic E-state index is 6.15. The number of hydrogen-bond acceptors (Lipinski definition) is 2. The molecule has 0 radical (unpaired) electrons. The van der Waals surface area contributed by atoms with Crippen LogP contribution in [0.3, 0.4) is 0 Å². The van der Waals surface area contributed by atoms with Gasteiger partial charge in [-0.3, -0.25) is 0 Å². The summed E-state index contributed by atoms with van der Waals surface area (Å²) in [5, 5.41) is 8.40. The zero-order chi connectivity index (χ0) is 17.3. The van der Waals surface area contributed by atoms with E-state index in [9.17, 15) is 0 Å². The van der Waals surface area contributed by atoms with Gasteiger partial charge in [-0.1, -0.05) is 29.3 Å². The van der Waals surface area contributed by atoms with Crippen molar-refractivity contribution in [3.63, 3.8) is 0 Å². The van der Waals surface area contributed by atoms with Gasteiger partial charge in [0.15, 0.2) is 5.11 Å². The molecule has 3 nitrogen and oxygen atoms in total. The molecule has 6 heteroatoms. The zero-order valence-corrected chi connectivity index (χ0v) is 15.7. The van der Waals surface area contributed by atoms with Gasteiger partial charge in [-0.15, -0.1) is 0 Å². The molecule has 1 aliphatic heterocycles. The summed E-state index contributed by atoms with van der Waals surface area (Å²) in [6.45, 7) is 4.12. The van der Waals surface area contributed by atoms with Gasteiger partial charge in [0.25, 0.3) is 0 Å². The SMILES string of the molecule is CC1(C)CC(NC(=S)Nc2cccc(Cl)c2)c2cc(Cl)ccc2O1. The second-order valence-corrected chi connectivity index (χ2v) is 7.69. The third-order valence-corrected chi connectivity index (χ3v) is 4.51. The Morgan fingerprint density at radius 1 is 1.17 bits per heavy atom. The minimum absolute atomic E-state index is 0.0154. The number of halogens is 2. The molecule has 0 saturated carbocycles. The fraction of sp³-hybridized carbons (Fsp3) is 0.278. The van der Waals surface area contributed by atoms with E-state index >= 15 is 0 Å². The fourth-order valence-corrected chi connectivity index (χ4v) is 3.48. The van der Waals surface area contributed by atoms with Gasteiger partial charge < -0.3 is 15.4 Å². The molecule has 0 aromatic heterocycles. The number of rotatable bonds is 2. The Bertz CT molecular complexity index is 779. The molecular formula is C18H18Cl2N2OS. The van der Waals surface area contributed by atoms with Crippen LogP contribution >= 0.6 is 35.4 Å². The predicted molar refractivity (Wildman–Crippen MR) is 104 cm³/mol. The summed E-state index contributed by atoms with van der Waals surface area (Å²) in [7, 11) is 0. The van der Waals surface area contributed by atoms with E-state index in [-0.39, 0.29) is 11.6 Å². The van der Waals surface area contributed by atoms with Gasteiger partial charge in [0.05, 0.1) is 6.04 Å². The Labute approximate surface area is 157 Å². The molecule has 1 unspecified atom stereocenters. The molecule has 0 saturated heterocycles. The van der Waals surface area contributed by atoms with Crippen molar-refractivity contribution >= 4 is 46.2 Å². The number of hydrogen-bond donors (Lipinski definition) is 2. The highest BCUT2D eigenvalue weighted by atomic mass is 35.5. The molecule has 1 heterocycles. The molecule has 1 atom stereocenters. The quantitative estimate of drug-likeness (QED) is 0.665. The molecule has 24 heavy (non-hydrogen) atoms. The highest BCUT2D eigenvalue weighted by molar-refractivity contribution is 7.80. The Morgan fingerprint density at radius 2 is 1.92 bits per heavy atom. The monoisotopic (exact) mass is 380 g/mol. The number of nitrogens with one attached hydrogen (secondary N) is 2. The lowest BCUT2D eigenvalue weighted by Crippen LogP contribution is -2.42. The molecule has 0 aliphatic carbocycles. The summed E-state index contributed by atoms with van der Waals surface area (Å²) in [6.07, 6.45) is 0.776. The molecule has 0 fully saturated rings. The number of thiocarbonyl (C=S) groups is 1. The minimum Gasteiger partial charge on any atom is -0.487 e. The first kappa shape index (κ1) is 17.3. The van der Waals surface area contributed by atoms with Crippen molar-refractivity contribution in [1.82, 2.24) is 5.32 Å². The standard InChI is InChI=1S/C18H18Cl2N2OS/c1-18(2)10-15(14-9-12(20)6-7-16(14)23-18)22-17(24)21-13-5-3-4-11(19)8-13/h3-9,15H,10H2,1-2H3,(H2,21,22,24). The first-order valence-corrected chi connectivity index (χ1v) is 8.80. The molecule has 2 N–H and O–H groups in total. The van der Waals surface area contributed by atoms with E-state index in [4.69, 9.17) is 40.2 Å². The molecule has 2 aromatic rings. The first-order valence-electron chi connectivity index (χ1n) is 7.64. The van der Waals surface area contributed by atoms with Crippen LogP contribution in [-0.4, -0.2) is 10.7 Å². The van der Waals surface area contributed by atoms with Crippen molar-refractivity contribution in [1.29, 1.82) is 0 Å². The van der Waals surface area contributed by atoms with Crippen molar-refractivity contribution in [3.05, 3.63) is 58.1 Å². The largest absolute Gasteiger partial charge is 0.487 e. The highest BCUT2D eigenvalue weighted by Crippen LogP contribution is 2.40. The van der Waals surface area contributed by atoms with Crippen LogP contribution in [0.15, 0.2) is 42.5 Å². The van der Waals surface area contributed by atoms with Gasteiger partial charge in [-0.2, -0.15) is 0 Å². The predicted octanol–water partition coefficient (Wildman–Crippen LogP) is 5.58. The molecule has 1 aliphatic rings. The number of fused-ring (bicyclic) bond motifs is 1. The summed E-state index contributed by atoms with van der Waals surface area (Å²) in [4.78, 5) is 0. The van der Waals surface area contributed by atoms with Crippen molar-refractivity contribution in [3.8, 4) is 5.75 Å². The Kier molecular flexibility index (Phi) is 4.90. The molecule has 0 spiro atoms. The molecule has 0 bridgehead atoms. The van der Waals surface area contributed by atoms with Crippen LogP contribution in [0.25, 0.3) is 0 Å². The fourth-order valence-electron chi connectivity index (χ4n) is 2.85. The Hall–Kier alpha value is -1.49. The smallest absolute Gasteiger partial charge is 0.171 e. The van der Waals surface area contributed by atoms with Crippen LogP contribution in [0.2, 0.25) is 10.0 Å². The van der Waals surface area contributed by atoms with Crippen LogP contribution in [0.4, 0.5) is 5.69 Å². The lowest BCUT2D eigenvalue weighted by molar-refractivity contribution is 0.0697. The Balaban J connectivity index is 1.79. The van der Waals surface area contributed by atoms with Crippen LogP contribution in [0.1, 0.15) is 31.9 Å². The number of anilines is 1. The summed E-state index contributed by atoms with van der Waals surface area (Å²) >= 11 is 17.6. The van der Waals surface area contributed by atoms with E-state index in [1.54, 1.807) is 0 Å². The van der Waals surface area contributed by atoms with Gasteiger partial charge >= 0.3 is 0 Å². The number of benzene rings is 2. The summed E-state index contributed by atoms with van der Waals surface area (Å²) in [5.41, 5.74) is 1.57. The van der Waals surface area contributed by atoms with Gasteiger partial charge in [0.1, 0.15) is 11.4 Å². The van der Waals surface area contributed by atoms with Gasteiger partial charge in [-0.25, -0.2) is 0 Å². The average molecular weight is 381 g/mol. The topological polar surface area (TPSA) is 33.3 Å². The maximum Gasteiger partial charge on any atom is 0.171 e. The van der Waals surface area contributed by atoms with Gasteiger partial charge in [0.2, 0.25) is 0 Å². The molecule has 3 rings (SSSR count). The first-order chi connectivity index (χ1) is 11.3. The van der Waals surface area contributed by atoms with E-state index in [0.717, 1.165) is 23.4 Å². The molecule has 2 aromatic carbocycles. The van der Waals surface area contributed by atoms with Crippen LogP contribution in [0.5, 0.6) is 5.75 Å². The second kappa shape index (κ2) is 6.79. The number of ether oxygens (including phenoxy) is 1. The van der Waals surface area contributed by atoms with E-state index in [1.807, 2.05) is 42.5 Å². The van der Waals surface area contributed by atoms with E-state index < -0.39 is 0 Å². The van der Waals surface area contributed by atoms with Crippen molar-refractivity contribution in [2.75, 3.05) is 5.32 Å². The van der Waals surface area contributed by atoms with Crippen molar-refractivity contribution < 1.29 is 4.74 Å². The molecule has 0 amide bonds. The Morgan fingerprint density at radius 3 is 2.67 bits per heavy atom. The molecule has 126 valence electrons. The van der Waals surface area contributed by atoms with Crippen LogP contribution in [0, 0.1) is 0 Å². The zero-order valence-electron chi connectivity index (χ0n) is 13.4.